The molecule has 2 aliphatic rings. The second kappa shape index (κ2) is 9.82. The molecule has 208 valence electrons. The van der Waals surface area contributed by atoms with E-state index in [9.17, 15) is 21.6 Å². The third-order valence-electron chi connectivity index (χ3n) is 7.63. The largest absolute Gasteiger partial charge is 0.433 e. The van der Waals surface area contributed by atoms with Gasteiger partial charge < -0.3 is 10.2 Å². The van der Waals surface area contributed by atoms with E-state index in [-0.39, 0.29) is 28.6 Å². The zero-order chi connectivity index (χ0) is 28.2. The Morgan fingerprint density at radius 3 is 2.23 bits per heavy atom. The number of alkyl halides is 3. The van der Waals surface area contributed by atoms with Gasteiger partial charge in [0.1, 0.15) is 11.5 Å². The molecule has 10 heteroatoms. The Kier molecular flexibility index (Phi) is 6.91. The normalized spacial score (nSPS) is 17.3. The Morgan fingerprint density at radius 1 is 0.949 bits per heavy atom. The number of hydrogen-bond acceptors (Lipinski definition) is 5. The maximum atomic E-state index is 14.1. The third-order valence-corrected chi connectivity index (χ3v) is 9.40. The minimum atomic E-state index is -4.62. The van der Waals surface area contributed by atoms with Gasteiger partial charge in [-0.2, -0.15) is 13.2 Å². The lowest BCUT2D eigenvalue weighted by Gasteiger charge is -2.30. The van der Waals surface area contributed by atoms with Gasteiger partial charge >= 0.3 is 6.18 Å². The lowest BCUT2D eigenvalue weighted by atomic mass is 9.87. The first-order valence-corrected chi connectivity index (χ1v) is 14.5. The number of nitrogens with one attached hydrogen (secondary N) is 1. The quantitative estimate of drug-likeness (QED) is 0.390. The van der Waals surface area contributed by atoms with E-state index in [0.29, 0.717) is 16.9 Å². The van der Waals surface area contributed by atoms with Crippen LogP contribution in [0.1, 0.15) is 61.9 Å². The molecular weight excluding hydrogens is 525 g/mol. The highest BCUT2D eigenvalue weighted by Crippen LogP contribution is 2.42. The van der Waals surface area contributed by atoms with Crippen molar-refractivity contribution >= 4 is 27.2 Å². The third kappa shape index (κ3) is 5.49. The van der Waals surface area contributed by atoms with Crippen molar-refractivity contribution in [1.82, 2.24) is 9.88 Å². The second-order valence-electron chi connectivity index (χ2n) is 11.5. The van der Waals surface area contributed by atoms with E-state index in [1.807, 2.05) is 24.3 Å². The van der Waals surface area contributed by atoms with Crippen molar-refractivity contribution in [3.05, 3.63) is 77.0 Å². The summed E-state index contributed by atoms with van der Waals surface area (Å²) in [4.78, 5) is 6.21. The minimum absolute atomic E-state index is 0.00102. The number of sulfonamides is 1. The number of benzene rings is 2. The molecule has 1 aromatic heterocycles. The lowest BCUT2D eigenvalue weighted by molar-refractivity contribution is -0.141. The Bertz CT molecular complexity index is 1470. The number of piperidine rings is 1. The number of fused-ring (bicyclic) bond motifs is 2. The molecule has 6 nitrogen and oxygen atoms in total. The van der Waals surface area contributed by atoms with Gasteiger partial charge in [0.15, 0.2) is 0 Å². The fourth-order valence-corrected chi connectivity index (χ4v) is 6.63. The maximum absolute atomic E-state index is 14.1. The van der Waals surface area contributed by atoms with Crippen LogP contribution in [0.4, 0.5) is 30.4 Å². The van der Waals surface area contributed by atoms with E-state index in [1.54, 1.807) is 18.2 Å². The highest BCUT2D eigenvalue weighted by atomic mass is 32.2. The monoisotopic (exact) mass is 558 g/mol. The molecule has 0 bridgehead atoms. The predicted octanol–water partition coefficient (Wildman–Crippen LogP) is 6.66. The lowest BCUT2D eigenvalue weighted by Crippen LogP contribution is -2.31. The van der Waals surface area contributed by atoms with Gasteiger partial charge in [-0.3, -0.25) is 4.31 Å². The van der Waals surface area contributed by atoms with Gasteiger partial charge in [-0.1, -0.05) is 45.0 Å². The second-order valence-corrected chi connectivity index (χ2v) is 13.3. The van der Waals surface area contributed by atoms with Crippen LogP contribution >= 0.6 is 0 Å². The summed E-state index contributed by atoms with van der Waals surface area (Å²) in [5.41, 5.74) is 1.98. The Morgan fingerprint density at radius 2 is 1.62 bits per heavy atom. The zero-order valence-electron chi connectivity index (χ0n) is 22.5. The van der Waals surface area contributed by atoms with Crippen LogP contribution < -0.4 is 9.62 Å². The fraction of sp³-hybridized carbons (Fsp3) is 0.414. The van der Waals surface area contributed by atoms with Crippen LogP contribution in [0.15, 0.2) is 59.5 Å². The van der Waals surface area contributed by atoms with E-state index in [4.69, 9.17) is 0 Å². The van der Waals surface area contributed by atoms with Crippen molar-refractivity contribution in [3.8, 4) is 0 Å². The average molecular weight is 559 g/mol. The Balaban J connectivity index is 1.62. The summed E-state index contributed by atoms with van der Waals surface area (Å²) in [6.07, 6.45) is -2.73. The molecular formula is C29H33F3N4O2S. The summed E-state index contributed by atoms with van der Waals surface area (Å²) >= 11 is 0. The van der Waals surface area contributed by atoms with Crippen LogP contribution in [0.5, 0.6) is 0 Å². The van der Waals surface area contributed by atoms with Crippen LogP contribution in [-0.2, 0) is 28.2 Å². The SMILES string of the molecule is CN1CCC(c2ccc3c(c2)N(S(=O)(=O)c2ccc(C(C)(C)C)cc2)Cc2ccc(C(F)(F)F)nc2N3)CC1. The number of halogens is 3. The molecule has 1 N–H and O–H groups in total. The van der Waals surface area contributed by atoms with E-state index >= 15 is 0 Å². The molecule has 2 aromatic carbocycles. The van der Waals surface area contributed by atoms with E-state index in [2.05, 4.69) is 43.0 Å². The number of likely N-dealkylation sites (tertiary alicyclic amines) is 1. The number of aromatic nitrogens is 1. The van der Waals surface area contributed by atoms with E-state index < -0.39 is 21.9 Å². The summed E-state index contributed by atoms with van der Waals surface area (Å²) < 4.78 is 69.9. The summed E-state index contributed by atoms with van der Waals surface area (Å²) in [6.45, 7) is 7.89. The number of anilines is 3. The first-order chi connectivity index (χ1) is 18.2. The van der Waals surface area contributed by atoms with E-state index in [0.717, 1.165) is 43.1 Å². The van der Waals surface area contributed by atoms with Crippen molar-refractivity contribution in [3.63, 3.8) is 0 Å². The fourth-order valence-electron chi connectivity index (χ4n) is 5.17. The molecule has 3 aromatic rings. The molecule has 0 unspecified atom stereocenters. The molecule has 39 heavy (non-hydrogen) atoms. The van der Waals surface area contributed by atoms with Crippen LogP contribution in [0.2, 0.25) is 0 Å². The van der Waals surface area contributed by atoms with Gasteiger partial charge in [0, 0.05) is 5.56 Å². The predicted molar refractivity (Wildman–Crippen MR) is 147 cm³/mol. The van der Waals surface area contributed by atoms with Crippen LogP contribution in [0.25, 0.3) is 0 Å². The van der Waals surface area contributed by atoms with Gasteiger partial charge in [0.2, 0.25) is 0 Å². The van der Waals surface area contributed by atoms with Crippen LogP contribution in [0, 0.1) is 0 Å². The highest BCUT2D eigenvalue weighted by molar-refractivity contribution is 7.92. The zero-order valence-corrected chi connectivity index (χ0v) is 23.3. The summed E-state index contributed by atoms with van der Waals surface area (Å²) in [5.74, 6) is 0.265. The van der Waals surface area contributed by atoms with Gasteiger partial charge in [-0.25, -0.2) is 13.4 Å². The molecule has 0 atom stereocenters. The highest BCUT2D eigenvalue weighted by Gasteiger charge is 2.36. The number of pyridine rings is 1. The molecule has 1 saturated heterocycles. The van der Waals surface area contributed by atoms with Gasteiger partial charge in [0.25, 0.3) is 10.0 Å². The summed E-state index contributed by atoms with van der Waals surface area (Å²) in [5, 5.41) is 3.01. The minimum Gasteiger partial charge on any atom is -0.338 e. The number of nitrogens with zero attached hydrogens (tertiary/aromatic N) is 3. The molecule has 1 fully saturated rings. The van der Waals surface area contributed by atoms with Crippen LogP contribution in [-0.4, -0.2) is 38.4 Å². The van der Waals surface area contributed by atoms with Crippen molar-refractivity contribution in [1.29, 1.82) is 0 Å². The topological polar surface area (TPSA) is 65.5 Å². The van der Waals surface area contributed by atoms with Gasteiger partial charge in [0.05, 0.1) is 22.8 Å². The molecule has 0 radical (unpaired) electrons. The van der Waals surface area contributed by atoms with Gasteiger partial charge in [-0.15, -0.1) is 0 Å². The Labute approximate surface area is 227 Å². The van der Waals surface area contributed by atoms with E-state index in [1.165, 1.54) is 10.4 Å². The number of hydrogen-bond donors (Lipinski definition) is 1. The molecule has 0 saturated carbocycles. The summed E-state index contributed by atoms with van der Waals surface area (Å²) in [7, 11) is -1.98. The smallest absolute Gasteiger partial charge is 0.338 e. The number of rotatable bonds is 3. The molecule has 2 aliphatic heterocycles. The first-order valence-electron chi connectivity index (χ1n) is 13.0. The maximum Gasteiger partial charge on any atom is 0.433 e. The molecule has 5 rings (SSSR count). The van der Waals surface area contributed by atoms with Crippen molar-refractivity contribution in [2.24, 2.45) is 0 Å². The molecule has 0 aliphatic carbocycles. The van der Waals surface area contributed by atoms with Gasteiger partial charge in [-0.05, 0) is 85.8 Å². The molecule has 0 amide bonds. The van der Waals surface area contributed by atoms with Crippen molar-refractivity contribution in [2.45, 2.75) is 62.6 Å². The molecule has 3 heterocycles. The summed E-state index contributed by atoms with van der Waals surface area (Å²) in [6, 6.07) is 14.6. The average Bonchev–Trinajstić information content (AvgIpc) is 3.04. The molecule has 0 spiro atoms. The first kappa shape index (κ1) is 27.5. The van der Waals surface area contributed by atoms with Crippen molar-refractivity contribution < 1.29 is 21.6 Å². The van der Waals surface area contributed by atoms with Crippen LogP contribution in [0.3, 0.4) is 0 Å². The standard InChI is InChI=1S/C29H33F3N4O2S/c1-28(2,3)22-7-9-23(10-8-22)39(37,38)36-18-21-6-12-26(29(30,31)32)34-27(21)33-24-11-5-20(17-25(24)36)19-13-15-35(4)16-14-19/h5-12,17,19H,13-16,18H2,1-4H3,(H,33,34). The van der Waals surface area contributed by atoms with Crippen molar-refractivity contribution in [2.75, 3.05) is 29.8 Å². The Hall–Kier alpha value is -3.11.